The maximum Gasteiger partial charge on any atom is 0.338 e. The van der Waals surface area contributed by atoms with Crippen LogP contribution in [-0.4, -0.2) is 46.5 Å². The predicted molar refractivity (Wildman–Crippen MR) is 199 cm³/mol. The Bertz CT molecular complexity index is 1800. The van der Waals surface area contributed by atoms with E-state index < -0.39 is 11.6 Å². The van der Waals surface area contributed by atoms with Crippen molar-refractivity contribution in [3.05, 3.63) is 99.4 Å². The first-order valence-electron chi connectivity index (χ1n) is 17.6. The summed E-state index contributed by atoms with van der Waals surface area (Å²) < 4.78 is 7.86. The summed E-state index contributed by atoms with van der Waals surface area (Å²) in [6, 6.07) is 14.4. The van der Waals surface area contributed by atoms with Gasteiger partial charge < -0.3 is 14.7 Å². The minimum Gasteiger partial charge on any atom is -0.481 e. The van der Waals surface area contributed by atoms with Crippen LogP contribution in [0.3, 0.4) is 0 Å². The lowest BCUT2D eigenvalue weighted by atomic mass is 9.80. The van der Waals surface area contributed by atoms with E-state index in [0.29, 0.717) is 12.0 Å². The van der Waals surface area contributed by atoms with Crippen molar-refractivity contribution in [1.29, 1.82) is 0 Å². The molecule has 1 atom stereocenters. The van der Waals surface area contributed by atoms with E-state index in [4.69, 9.17) is 21.4 Å². The number of esters is 1. The van der Waals surface area contributed by atoms with Crippen LogP contribution in [0, 0.1) is 5.92 Å². The zero-order valence-electron chi connectivity index (χ0n) is 30.5. The molecule has 2 aliphatic heterocycles. The third-order valence-electron chi connectivity index (χ3n) is 10.1. The number of hydrogen-bond donors (Lipinski definition) is 1. The Morgan fingerprint density at radius 1 is 1.04 bits per heavy atom. The molecule has 5 rings (SSSR count). The summed E-state index contributed by atoms with van der Waals surface area (Å²) in [7, 11) is 2.08. The molecule has 0 saturated carbocycles. The second-order valence-corrected chi connectivity index (χ2v) is 16.1. The van der Waals surface area contributed by atoms with Gasteiger partial charge in [-0.3, -0.25) is 4.79 Å². The monoisotopic (exact) mass is 683 g/mol. The molecule has 0 radical (unpaired) electrons. The largest absolute Gasteiger partial charge is 0.481 e. The number of unbranched alkanes of at least 4 members (excludes halogenated alkanes) is 2. The number of fused-ring (bicyclic) bond motifs is 2. The van der Waals surface area contributed by atoms with Gasteiger partial charge in [0.1, 0.15) is 12.6 Å². The average molecular weight is 684 g/mol. The summed E-state index contributed by atoms with van der Waals surface area (Å²) in [4.78, 5) is 26.2. The van der Waals surface area contributed by atoms with E-state index in [1.54, 1.807) is 0 Å². The fourth-order valence-electron chi connectivity index (χ4n) is 7.51. The van der Waals surface area contributed by atoms with E-state index in [-0.39, 0.29) is 29.1 Å². The molecule has 3 aliphatic rings. The van der Waals surface area contributed by atoms with E-state index in [2.05, 4.69) is 92.4 Å². The van der Waals surface area contributed by atoms with Gasteiger partial charge in [-0.25, -0.2) is 4.79 Å². The first-order valence-corrected chi connectivity index (χ1v) is 18.0. The molecule has 7 heteroatoms. The average Bonchev–Trinajstić information content (AvgIpc) is 3.36. The van der Waals surface area contributed by atoms with E-state index in [9.17, 15) is 9.59 Å². The highest BCUT2D eigenvalue weighted by Gasteiger charge is 2.44. The lowest BCUT2D eigenvalue weighted by Crippen LogP contribution is -2.27. The van der Waals surface area contributed by atoms with Crippen molar-refractivity contribution >= 4 is 40.6 Å². The van der Waals surface area contributed by atoms with Gasteiger partial charge in [0.15, 0.2) is 5.71 Å². The van der Waals surface area contributed by atoms with Crippen LogP contribution in [0.25, 0.3) is 0 Å². The van der Waals surface area contributed by atoms with E-state index >= 15 is 0 Å². The number of allylic oxidation sites excluding steroid dienone is 5. The normalized spacial score (nSPS) is 19.7. The van der Waals surface area contributed by atoms with Gasteiger partial charge in [0.05, 0.1) is 16.7 Å². The van der Waals surface area contributed by atoms with Crippen molar-refractivity contribution in [2.45, 2.75) is 110 Å². The first kappa shape index (κ1) is 36.4. The van der Waals surface area contributed by atoms with Gasteiger partial charge in [0.2, 0.25) is 5.69 Å². The number of carbonyl (C=O) groups excluding carboxylic acids is 1. The van der Waals surface area contributed by atoms with Crippen molar-refractivity contribution in [2.24, 2.45) is 5.92 Å². The van der Waals surface area contributed by atoms with Crippen molar-refractivity contribution < 1.29 is 24.0 Å². The summed E-state index contributed by atoms with van der Waals surface area (Å²) in [6.07, 6.45) is 12.2. The van der Waals surface area contributed by atoms with Crippen molar-refractivity contribution in [2.75, 3.05) is 18.5 Å². The predicted octanol–water partition coefficient (Wildman–Crippen LogP) is 9.98. The van der Waals surface area contributed by atoms with Gasteiger partial charge in [-0.15, -0.1) is 5.73 Å². The number of para-hydroxylation sites is 1. The van der Waals surface area contributed by atoms with E-state index in [1.807, 2.05) is 39.0 Å². The van der Waals surface area contributed by atoms with E-state index in [1.165, 1.54) is 11.3 Å². The van der Waals surface area contributed by atoms with Crippen molar-refractivity contribution in [3.63, 3.8) is 0 Å². The van der Waals surface area contributed by atoms with Gasteiger partial charge in [0.25, 0.3) is 0 Å². The molecule has 2 aromatic rings. The molecule has 2 heterocycles. The number of aliphatic carboxylic acids is 1. The maximum absolute atomic E-state index is 12.9. The van der Waals surface area contributed by atoms with Crippen LogP contribution in [0.2, 0.25) is 0 Å². The molecule has 49 heavy (non-hydrogen) atoms. The molecule has 260 valence electrons. The van der Waals surface area contributed by atoms with Crippen molar-refractivity contribution in [1.82, 2.24) is 0 Å². The number of anilines is 1. The van der Waals surface area contributed by atoms with Crippen LogP contribution >= 0.6 is 11.6 Å². The Hall–Kier alpha value is -3.86. The van der Waals surface area contributed by atoms with Gasteiger partial charge >= 0.3 is 11.9 Å². The van der Waals surface area contributed by atoms with Gasteiger partial charge in [-0.1, -0.05) is 42.3 Å². The maximum atomic E-state index is 12.9. The second-order valence-electron chi connectivity index (χ2n) is 15.7. The Morgan fingerprint density at radius 2 is 1.78 bits per heavy atom. The molecule has 0 aromatic heterocycles. The molecule has 0 spiro atoms. The zero-order valence-corrected chi connectivity index (χ0v) is 31.2. The molecular weight excluding hydrogens is 632 g/mol. The first-order chi connectivity index (χ1) is 23.0. The lowest BCUT2D eigenvalue weighted by Gasteiger charge is -2.26. The number of carbonyl (C=O) groups is 2. The number of halogens is 1. The van der Waals surface area contributed by atoms with Gasteiger partial charge in [-0.05, 0) is 116 Å². The third-order valence-corrected chi connectivity index (χ3v) is 10.7. The van der Waals surface area contributed by atoms with Crippen LogP contribution in [-0.2, 0) is 20.4 Å². The molecule has 1 unspecified atom stereocenters. The Kier molecular flexibility index (Phi) is 10.5. The number of ether oxygens (including phenoxy) is 1. The SMILES string of the molecule is C[N+]1=C(/C=C/C2=C(Cl)C(C=C=C3N(CCCCCC(=O)O)c4ccccc4C3(C)C)CCC2)C(C)(C)c2cc(C(=O)OC(C)(C)C)ccc21. The highest BCUT2D eigenvalue weighted by atomic mass is 35.5. The summed E-state index contributed by atoms with van der Waals surface area (Å²) in [5, 5.41) is 9.92. The molecular formula is C42H52ClN2O4+. The van der Waals surface area contributed by atoms with Crippen LogP contribution in [0.5, 0.6) is 0 Å². The minimum absolute atomic E-state index is 0.0763. The van der Waals surface area contributed by atoms with Gasteiger partial charge in [-0.2, -0.15) is 4.58 Å². The zero-order chi connectivity index (χ0) is 35.7. The van der Waals surface area contributed by atoms with Crippen molar-refractivity contribution in [3.8, 4) is 0 Å². The number of benzene rings is 2. The van der Waals surface area contributed by atoms with E-state index in [0.717, 1.165) is 71.9 Å². The number of carboxylic acids is 1. The Labute approximate surface area is 297 Å². The summed E-state index contributed by atoms with van der Waals surface area (Å²) >= 11 is 7.18. The lowest BCUT2D eigenvalue weighted by molar-refractivity contribution is -0.401. The number of rotatable bonds is 10. The molecule has 2 aromatic carbocycles. The summed E-state index contributed by atoms with van der Waals surface area (Å²) in [5.41, 5.74) is 11.3. The highest BCUT2D eigenvalue weighted by molar-refractivity contribution is 6.30. The van der Waals surface area contributed by atoms with Crippen LogP contribution in [0.4, 0.5) is 11.4 Å². The fourth-order valence-corrected chi connectivity index (χ4v) is 7.84. The number of carboxylic acid groups (broad SMARTS) is 1. The van der Waals surface area contributed by atoms with Crippen LogP contribution < -0.4 is 4.90 Å². The van der Waals surface area contributed by atoms with Crippen LogP contribution in [0.15, 0.2) is 82.7 Å². The molecule has 1 aliphatic carbocycles. The number of nitrogens with zero attached hydrogens (tertiary/aromatic N) is 2. The molecule has 0 bridgehead atoms. The smallest absolute Gasteiger partial charge is 0.338 e. The molecule has 6 nitrogen and oxygen atoms in total. The number of hydrogen-bond acceptors (Lipinski definition) is 4. The molecule has 0 amide bonds. The highest BCUT2D eigenvalue weighted by Crippen LogP contribution is 2.48. The quantitative estimate of drug-likeness (QED) is 0.117. The third kappa shape index (κ3) is 7.66. The molecule has 0 saturated heterocycles. The Balaban J connectivity index is 1.39. The molecule has 1 N–H and O–H groups in total. The van der Waals surface area contributed by atoms with Gasteiger partial charge in [0, 0.05) is 52.7 Å². The second kappa shape index (κ2) is 14.2. The standard InChI is InChI=1S/C42H51ClN2O4/c1-40(2,3)49-39(48)30-20-23-33-32(27-30)42(6,7)35(44(33)8)24-21-28-15-14-16-29(38(28)43)22-25-36-41(4,5)31-17-11-12-18-34(31)45(36)26-13-9-10-19-37(46)47/h11-12,17-18,20-24,27,29H,9-10,13-16,19,26H2,1-8H3/p+1/b24-21+. The summed E-state index contributed by atoms with van der Waals surface area (Å²) in [5.74, 6) is -0.971. The minimum atomic E-state index is -0.737. The van der Waals surface area contributed by atoms with Crippen LogP contribution in [0.1, 0.15) is 115 Å². The fraction of sp³-hybridized carbons (Fsp3) is 0.476. The molecule has 0 fully saturated rings. The Morgan fingerprint density at radius 3 is 2.49 bits per heavy atom. The summed E-state index contributed by atoms with van der Waals surface area (Å²) in [6.45, 7) is 15.4. The topological polar surface area (TPSA) is 69.8 Å².